The number of rotatable bonds is 4. The predicted octanol–water partition coefficient (Wildman–Crippen LogP) is 1.91. The topological polar surface area (TPSA) is 87.7 Å². The fourth-order valence-electron chi connectivity index (χ4n) is 1.47. The number of amides is 1. The van der Waals surface area contributed by atoms with Crippen LogP contribution in [0.25, 0.3) is 0 Å². The summed E-state index contributed by atoms with van der Waals surface area (Å²) >= 11 is 0.908. The van der Waals surface area contributed by atoms with Gasteiger partial charge in [0, 0.05) is 5.69 Å². The SMILES string of the molecule is O=C(CSc1nncc(=O)[nH]1)Nc1cccc(C(F)(F)F)c1. The van der Waals surface area contributed by atoms with Gasteiger partial charge in [-0.15, -0.1) is 5.10 Å². The lowest BCUT2D eigenvalue weighted by molar-refractivity contribution is -0.137. The van der Waals surface area contributed by atoms with Crippen LogP contribution in [0.4, 0.5) is 18.9 Å². The molecule has 1 aromatic heterocycles. The number of aromatic nitrogens is 3. The Morgan fingerprint density at radius 3 is 2.82 bits per heavy atom. The second-order valence-electron chi connectivity index (χ2n) is 4.05. The lowest BCUT2D eigenvalue weighted by Crippen LogP contribution is -2.16. The third kappa shape index (κ3) is 4.58. The molecule has 1 amide bonds. The van der Waals surface area contributed by atoms with Crippen molar-refractivity contribution in [3.63, 3.8) is 0 Å². The number of nitrogens with one attached hydrogen (secondary N) is 2. The first-order valence-electron chi connectivity index (χ1n) is 5.86. The van der Waals surface area contributed by atoms with E-state index in [0.29, 0.717) is 0 Å². The van der Waals surface area contributed by atoms with Crippen LogP contribution in [0.3, 0.4) is 0 Å². The van der Waals surface area contributed by atoms with Crippen molar-refractivity contribution in [3.8, 4) is 0 Å². The largest absolute Gasteiger partial charge is 0.416 e. The standard InChI is InChI=1S/C12H9F3N4O2S/c13-12(14,15)7-2-1-3-8(4-7)17-10(21)6-22-11-18-9(20)5-16-19-11/h1-5H,6H2,(H,17,21)(H,18,19,20). The second-order valence-corrected chi connectivity index (χ2v) is 5.02. The molecule has 0 fully saturated rings. The first-order chi connectivity index (χ1) is 10.3. The van der Waals surface area contributed by atoms with Crippen molar-refractivity contribution in [1.82, 2.24) is 15.2 Å². The molecule has 1 aromatic carbocycles. The minimum atomic E-state index is -4.48. The number of alkyl halides is 3. The van der Waals surface area contributed by atoms with E-state index >= 15 is 0 Å². The molecule has 116 valence electrons. The van der Waals surface area contributed by atoms with Crippen LogP contribution in [0.15, 0.2) is 40.4 Å². The Morgan fingerprint density at radius 1 is 1.36 bits per heavy atom. The number of thioether (sulfide) groups is 1. The fraction of sp³-hybridized carbons (Fsp3) is 0.167. The lowest BCUT2D eigenvalue weighted by atomic mass is 10.2. The number of aromatic amines is 1. The minimum Gasteiger partial charge on any atom is -0.325 e. The first-order valence-corrected chi connectivity index (χ1v) is 6.85. The zero-order valence-electron chi connectivity index (χ0n) is 10.8. The molecule has 6 nitrogen and oxygen atoms in total. The lowest BCUT2D eigenvalue weighted by Gasteiger charge is -2.09. The van der Waals surface area contributed by atoms with Crippen molar-refractivity contribution < 1.29 is 18.0 Å². The van der Waals surface area contributed by atoms with E-state index in [1.165, 1.54) is 12.1 Å². The third-order valence-electron chi connectivity index (χ3n) is 2.37. The van der Waals surface area contributed by atoms with Crippen LogP contribution >= 0.6 is 11.8 Å². The first kappa shape index (κ1) is 16.0. The Balaban J connectivity index is 1.96. The van der Waals surface area contributed by atoms with Gasteiger partial charge in [0.05, 0.1) is 11.3 Å². The molecule has 0 unspecified atom stereocenters. The molecule has 0 bridgehead atoms. The number of anilines is 1. The number of hydrogen-bond donors (Lipinski definition) is 2. The highest BCUT2D eigenvalue weighted by Crippen LogP contribution is 2.30. The molecule has 0 saturated heterocycles. The van der Waals surface area contributed by atoms with E-state index in [2.05, 4.69) is 20.5 Å². The maximum atomic E-state index is 12.5. The Kier molecular flexibility index (Phi) is 4.81. The van der Waals surface area contributed by atoms with Crippen molar-refractivity contribution in [3.05, 3.63) is 46.4 Å². The van der Waals surface area contributed by atoms with E-state index in [1.54, 1.807) is 0 Å². The maximum Gasteiger partial charge on any atom is 0.416 e. The molecule has 1 heterocycles. The van der Waals surface area contributed by atoms with E-state index in [-0.39, 0.29) is 16.6 Å². The maximum absolute atomic E-state index is 12.5. The van der Waals surface area contributed by atoms with Crippen LogP contribution in [-0.2, 0) is 11.0 Å². The van der Waals surface area contributed by atoms with Gasteiger partial charge in [0.1, 0.15) is 6.20 Å². The van der Waals surface area contributed by atoms with Gasteiger partial charge in [0.25, 0.3) is 5.56 Å². The summed E-state index contributed by atoms with van der Waals surface area (Å²) in [6, 6.07) is 4.30. The monoisotopic (exact) mass is 330 g/mol. The summed E-state index contributed by atoms with van der Waals surface area (Å²) in [4.78, 5) is 25.0. The molecule has 22 heavy (non-hydrogen) atoms. The molecule has 0 saturated carbocycles. The summed E-state index contributed by atoms with van der Waals surface area (Å²) in [7, 11) is 0. The molecule has 0 aliphatic heterocycles. The van der Waals surface area contributed by atoms with Crippen LogP contribution in [0.5, 0.6) is 0 Å². The van der Waals surface area contributed by atoms with Gasteiger partial charge in [-0.25, -0.2) is 0 Å². The van der Waals surface area contributed by atoms with Gasteiger partial charge >= 0.3 is 6.18 Å². The molecule has 2 N–H and O–H groups in total. The number of hydrogen-bond acceptors (Lipinski definition) is 5. The average molecular weight is 330 g/mol. The van der Waals surface area contributed by atoms with Gasteiger partial charge in [0.15, 0.2) is 5.16 Å². The van der Waals surface area contributed by atoms with Gasteiger partial charge in [-0.3, -0.25) is 14.6 Å². The van der Waals surface area contributed by atoms with Crippen molar-refractivity contribution in [2.75, 3.05) is 11.1 Å². The molecular formula is C12H9F3N4O2S. The van der Waals surface area contributed by atoms with E-state index in [0.717, 1.165) is 30.1 Å². The summed E-state index contributed by atoms with van der Waals surface area (Å²) < 4.78 is 37.6. The molecule has 0 atom stereocenters. The van der Waals surface area contributed by atoms with Gasteiger partial charge in [-0.05, 0) is 18.2 Å². The van der Waals surface area contributed by atoms with Gasteiger partial charge in [-0.1, -0.05) is 17.8 Å². The number of H-pyrrole nitrogens is 1. The summed E-state index contributed by atoms with van der Waals surface area (Å²) in [5, 5.41) is 9.49. The summed E-state index contributed by atoms with van der Waals surface area (Å²) in [6.45, 7) is 0. The number of benzene rings is 1. The summed E-state index contributed by atoms with van der Waals surface area (Å²) in [5.74, 6) is -0.666. The van der Waals surface area contributed by atoms with Crippen LogP contribution in [0, 0.1) is 0 Å². The molecule has 0 aliphatic carbocycles. The van der Waals surface area contributed by atoms with Gasteiger partial charge in [-0.2, -0.15) is 18.3 Å². The molecule has 10 heteroatoms. The Morgan fingerprint density at radius 2 is 2.14 bits per heavy atom. The van der Waals surface area contributed by atoms with Crippen molar-refractivity contribution >= 4 is 23.4 Å². The Labute approximate surface area is 126 Å². The van der Waals surface area contributed by atoms with Crippen LogP contribution in [-0.4, -0.2) is 26.8 Å². The number of carbonyl (C=O) groups is 1. The van der Waals surface area contributed by atoms with Crippen molar-refractivity contribution in [2.45, 2.75) is 11.3 Å². The number of halogens is 3. The molecule has 2 rings (SSSR count). The number of carbonyl (C=O) groups excluding carboxylic acids is 1. The predicted molar refractivity (Wildman–Crippen MR) is 73.5 cm³/mol. The quantitative estimate of drug-likeness (QED) is 0.836. The highest BCUT2D eigenvalue weighted by molar-refractivity contribution is 7.99. The zero-order chi connectivity index (χ0) is 16.2. The van der Waals surface area contributed by atoms with Crippen molar-refractivity contribution in [2.24, 2.45) is 0 Å². The Hall–Kier alpha value is -2.36. The second kappa shape index (κ2) is 6.60. The molecule has 0 aliphatic rings. The van der Waals surface area contributed by atoms with Gasteiger partial charge in [0.2, 0.25) is 5.91 Å². The fourth-order valence-corrected chi connectivity index (χ4v) is 2.08. The molecule has 2 aromatic rings. The van der Waals surface area contributed by atoms with Crippen LogP contribution in [0.2, 0.25) is 0 Å². The van der Waals surface area contributed by atoms with Crippen LogP contribution in [0.1, 0.15) is 5.56 Å². The van der Waals surface area contributed by atoms with E-state index in [1.807, 2.05) is 0 Å². The Bertz CT molecular complexity index is 733. The van der Waals surface area contributed by atoms with E-state index < -0.39 is 23.2 Å². The van der Waals surface area contributed by atoms with Crippen LogP contribution < -0.4 is 10.9 Å². The van der Waals surface area contributed by atoms with E-state index in [4.69, 9.17) is 0 Å². The average Bonchev–Trinajstić information content (AvgIpc) is 2.45. The molecular weight excluding hydrogens is 321 g/mol. The van der Waals surface area contributed by atoms with E-state index in [9.17, 15) is 22.8 Å². The molecule has 0 spiro atoms. The summed E-state index contributed by atoms with van der Waals surface area (Å²) in [6.07, 6.45) is -3.50. The smallest absolute Gasteiger partial charge is 0.325 e. The highest BCUT2D eigenvalue weighted by atomic mass is 32.2. The molecule has 0 radical (unpaired) electrons. The normalized spacial score (nSPS) is 11.2. The highest BCUT2D eigenvalue weighted by Gasteiger charge is 2.30. The van der Waals surface area contributed by atoms with Gasteiger partial charge < -0.3 is 5.32 Å². The zero-order valence-corrected chi connectivity index (χ0v) is 11.7. The summed E-state index contributed by atoms with van der Waals surface area (Å²) in [5.41, 5.74) is -1.28. The van der Waals surface area contributed by atoms with Crippen molar-refractivity contribution in [1.29, 1.82) is 0 Å². The third-order valence-corrected chi connectivity index (χ3v) is 3.23. The number of nitrogens with zero attached hydrogens (tertiary/aromatic N) is 2. The minimum absolute atomic E-state index is 0.0352.